The molecule has 3 rings (SSSR count). The fraction of sp³-hybridized carbons (Fsp3) is 0.300. The molecular formula is C20H24N6OS. The first kappa shape index (κ1) is 19.9. The van der Waals surface area contributed by atoms with Crippen LogP contribution in [0.15, 0.2) is 57.0 Å². The minimum absolute atomic E-state index is 0.432. The summed E-state index contributed by atoms with van der Waals surface area (Å²) in [4.78, 5) is 14.1. The highest BCUT2D eigenvalue weighted by atomic mass is 32.2. The van der Waals surface area contributed by atoms with Gasteiger partial charge in [-0.1, -0.05) is 23.4 Å². The Hall–Kier alpha value is -2.87. The lowest BCUT2D eigenvalue weighted by molar-refractivity contribution is 0.421. The number of aromatic nitrogens is 3. The smallest absolute Gasteiger partial charge is 0.276 e. The number of hydrogen-bond acceptors (Lipinski definition) is 6. The van der Waals surface area contributed by atoms with Crippen LogP contribution in [0.4, 0.5) is 0 Å². The third kappa shape index (κ3) is 5.32. The molecule has 0 aliphatic rings. The van der Waals surface area contributed by atoms with E-state index in [0.717, 1.165) is 5.96 Å². The van der Waals surface area contributed by atoms with Crippen molar-refractivity contribution >= 4 is 17.7 Å². The number of aryl methyl sites for hydroxylation is 1. The predicted molar refractivity (Wildman–Crippen MR) is 112 cm³/mol. The van der Waals surface area contributed by atoms with Crippen LogP contribution in [-0.4, -0.2) is 40.9 Å². The molecular weight excluding hydrogens is 372 g/mol. The number of nitrogens with one attached hydrogen (secondary N) is 2. The van der Waals surface area contributed by atoms with E-state index in [1.165, 1.54) is 16.0 Å². The van der Waals surface area contributed by atoms with Crippen molar-refractivity contribution in [1.29, 1.82) is 0 Å². The van der Waals surface area contributed by atoms with Gasteiger partial charge >= 0.3 is 0 Å². The molecule has 0 amide bonds. The highest BCUT2D eigenvalue weighted by Gasteiger charge is 2.10. The van der Waals surface area contributed by atoms with Gasteiger partial charge in [-0.25, -0.2) is 0 Å². The molecule has 0 aliphatic heterocycles. The topological polar surface area (TPSA) is 88.2 Å². The van der Waals surface area contributed by atoms with Gasteiger partial charge in [0.1, 0.15) is 5.69 Å². The molecule has 0 aliphatic carbocycles. The molecule has 0 unspecified atom stereocenters. The molecule has 28 heavy (non-hydrogen) atoms. The molecule has 2 aromatic heterocycles. The van der Waals surface area contributed by atoms with Crippen LogP contribution in [-0.2, 0) is 13.0 Å². The molecule has 2 heterocycles. The SMILES string of the molecule is CN=C(NCCc1noc(-c2ccccn2)n1)NCc1ccc(C)cc1SC. The Morgan fingerprint density at radius 3 is 2.86 bits per heavy atom. The van der Waals surface area contributed by atoms with Gasteiger partial charge in [-0.05, 0) is 42.5 Å². The first-order valence-electron chi connectivity index (χ1n) is 9.01. The molecule has 0 saturated heterocycles. The molecule has 146 valence electrons. The maximum Gasteiger partial charge on any atom is 0.276 e. The highest BCUT2D eigenvalue weighted by molar-refractivity contribution is 7.98. The van der Waals surface area contributed by atoms with Gasteiger partial charge < -0.3 is 15.2 Å². The van der Waals surface area contributed by atoms with Crippen molar-refractivity contribution in [3.8, 4) is 11.6 Å². The van der Waals surface area contributed by atoms with E-state index in [9.17, 15) is 0 Å². The lowest BCUT2D eigenvalue weighted by Gasteiger charge is -2.13. The summed E-state index contributed by atoms with van der Waals surface area (Å²) >= 11 is 1.75. The van der Waals surface area contributed by atoms with Gasteiger partial charge in [0.25, 0.3) is 5.89 Å². The van der Waals surface area contributed by atoms with E-state index in [4.69, 9.17) is 4.52 Å². The zero-order chi connectivity index (χ0) is 19.8. The van der Waals surface area contributed by atoms with Gasteiger partial charge in [0.2, 0.25) is 0 Å². The quantitative estimate of drug-likeness (QED) is 0.360. The fourth-order valence-electron chi connectivity index (χ4n) is 2.64. The van der Waals surface area contributed by atoms with Crippen LogP contribution in [0.25, 0.3) is 11.6 Å². The number of guanidine groups is 1. The lowest BCUT2D eigenvalue weighted by Crippen LogP contribution is -2.38. The van der Waals surface area contributed by atoms with E-state index in [2.05, 4.69) is 62.1 Å². The molecule has 0 spiro atoms. The summed E-state index contributed by atoms with van der Waals surface area (Å²) in [6, 6.07) is 12.1. The van der Waals surface area contributed by atoms with Gasteiger partial charge in [0, 0.05) is 37.7 Å². The summed E-state index contributed by atoms with van der Waals surface area (Å²) in [6.45, 7) is 3.46. The van der Waals surface area contributed by atoms with Gasteiger partial charge in [-0.2, -0.15) is 4.98 Å². The van der Waals surface area contributed by atoms with Crippen LogP contribution in [0.3, 0.4) is 0 Å². The van der Waals surface area contributed by atoms with Gasteiger partial charge in [-0.15, -0.1) is 11.8 Å². The number of hydrogen-bond donors (Lipinski definition) is 2. The number of thioether (sulfide) groups is 1. The minimum Gasteiger partial charge on any atom is -0.356 e. The Balaban J connectivity index is 1.49. The molecule has 2 N–H and O–H groups in total. The average molecular weight is 397 g/mol. The van der Waals surface area contributed by atoms with E-state index in [1.807, 2.05) is 18.2 Å². The van der Waals surface area contributed by atoms with E-state index >= 15 is 0 Å². The Morgan fingerprint density at radius 1 is 1.21 bits per heavy atom. The van der Waals surface area contributed by atoms with Crippen molar-refractivity contribution in [2.45, 2.75) is 24.8 Å². The molecule has 0 bridgehead atoms. The molecule has 0 saturated carbocycles. The van der Waals surface area contributed by atoms with Crippen molar-refractivity contribution in [3.05, 3.63) is 59.5 Å². The zero-order valence-corrected chi connectivity index (χ0v) is 17.1. The normalized spacial score (nSPS) is 11.5. The number of aliphatic imine (C=N–C) groups is 1. The van der Waals surface area contributed by atoms with E-state index in [-0.39, 0.29) is 0 Å². The lowest BCUT2D eigenvalue weighted by atomic mass is 10.1. The van der Waals surface area contributed by atoms with E-state index in [1.54, 1.807) is 25.0 Å². The Bertz CT molecular complexity index is 925. The van der Waals surface area contributed by atoms with Gasteiger partial charge in [0.15, 0.2) is 11.8 Å². The van der Waals surface area contributed by atoms with Crippen molar-refractivity contribution < 1.29 is 4.52 Å². The maximum atomic E-state index is 5.28. The first-order valence-corrected chi connectivity index (χ1v) is 10.2. The van der Waals surface area contributed by atoms with Crippen molar-refractivity contribution in [1.82, 2.24) is 25.8 Å². The molecule has 8 heteroatoms. The Labute approximate surface area is 169 Å². The fourth-order valence-corrected chi connectivity index (χ4v) is 3.35. The van der Waals surface area contributed by atoms with E-state index < -0.39 is 0 Å². The van der Waals surface area contributed by atoms with Crippen molar-refractivity contribution in [2.75, 3.05) is 19.8 Å². The predicted octanol–water partition coefficient (Wildman–Crippen LogP) is 3.07. The second kappa shape index (κ2) is 9.89. The van der Waals surface area contributed by atoms with Crippen molar-refractivity contribution in [2.24, 2.45) is 4.99 Å². The molecule has 0 radical (unpaired) electrons. The maximum absolute atomic E-state index is 5.28. The number of benzene rings is 1. The molecule has 1 aromatic carbocycles. The highest BCUT2D eigenvalue weighted by Crippen LogP contribution is 2.21. The van der Waals surface area contributed by atoms with Crippen molar-refractivity contribution in [3.63, 3.8) is 0 Å². The number of rotatable bonds is 7. The minimum atomic E-state index is 0.432. The molecule has 0 fully saturated rings. The molecule has 0 atom stereocenters. The van der Waals surface area contributed by atoms with Crippen LogP contribution in [0, 0.1) is 6.92 Å². The summed E-state index contributed by atoms with van der Waals surface area (Å²) in [5.41, 5.74) is 3.19. The summed E-state index contributed by atoms with van der Waals surface area (Å²) in [7, 11) is 1.76. The average Bonchev–Trinajstić information content (AvgIpc) is 3.20. The van der Waals surface area contributed by atoms with Crippen LogP contribution < -0.4 is 10.6 Å². The molecule has 7 nitrogen and oxygen atoms in total. The number of nitrogens with zero attached hydrogens (tertiary/aromatic N) is 4. The summed E-state index contributed by atoms with van der Waals surface area (Å²) < 4.78 is 5.28. The second-order valence-corrected chi connectivity index (χ2v) is 7.00. The van der Waals surface area contributed by atoms with Crippen LogP contribution in [0.1, 0.15) is 17.0 Å². The second-order valence-electron chi connectivity index (χ2n) is 6.15. The largest absolute Gasteiger partial charge is 0.356 e. The van der Waals surface area contributed by atoms with Gasteiger partial charge in [0.05, 0.1) is 0 Å². The monoisotopic (exact) mass is 396 g/mol. The standard InChI is InChI=1S/C20H24N6OS/c1-14-7-8-15(17(12-14)28-3)13-24-20(21-2)23-11-9-18-25-19(27-26-18)16-6-4-5-10-22-16/h4-8,10,12H,9,11,13H2,1-3H3,(H2,21,23,24). The summed E-state index contributed by atoms with van der Waals surface area (Å²) in [5.74, 6) is 1.80. The van der Waals surface area contributed by atoms with Crippen LogP contribution in [0.5, 0.6) is 0 Å². The Morgan fingerprint density at radius 2 is 2.11 bits per heavy atom. The Kier molecular flexibility index (Phi) is 7.02. The zero-order valence-electron chi connectivity index (χ0n) is 16.3. The van der Waals surface area contributed by atoms with E-state index in [0.29, 0.717) is 36.9 Å². The van der Waals surface area contributed by atoms with Crippen LogP contribution >= 0.6 is 11.8 Å². The summed E-state index contributed by atoms with van der Waals surface area (Å²) in [6.07, 6.45) is 4.42. The first-order chi connectivity index (χ1) is 13.7. The van der Waals surface area contributed by atoms with Crippen LogP contribution in [0.2, 0.25) is 0 Å². The van der Waals surface area contributed by atoms with Gasteiger partial charge in [-0.3, -0.25) is 9.98 Å². The molecule has 3 aromatic rings. The number of pyridine rings is 1. The third-order valence-corrected chi connectivity index (χ3v) is 4.93. The third-order valence-electron chi connectivity index (χ3n) is 4.11. The summed E-state index contributed by atoms with van der Waals surface area (Å²) in [5, 5.41) is 10.6.